The zero-order valence-corrected chi connectivity index (χ0v) is 51.2. The van der Waals surface area contributed by atoms with Crippen LogP contribution in [0.4, 0.5) is 0 Å². The van der Waals surface area contributed by atoms with Crippen LogP contribution >= 0.6 is 0 Å². The van der Waals surface area contributed by atoms with E-state index in [9.17, 15) is 34.8 Å². The van der Waals surface area contributed by atoms with Gasteiger partial charge in [0.2, 0.25) is 0 Å². The maximum absolute atomic E-state index is 13.0. The molecular formula is C64H74Cl3N3O14. The van der Waals surface area contributed by atoms with Crippen molar-refractivity contribution in [1.29, 1.82) is 0 Å². The molecule has 7 N–H and O–H groups in total. The average molecular weight is 1220 g/mol. The molecule has 0 unspecified atom stereocenters. The highest BCUT2D eigenvalue weighted by Crippen LogP contribution is 2.42. The molecule has 0 saturated heterocycles. The summed E-state index contributed by atoms with van der Waals surface area (Å²) in [5.74, 6) is -0.308. The van der Waals surface area contributed by atoms with E-state index in [2.05, 4.69) is 15.0 Å². The van der Waals surface area contributed by atoms with Crippen LogP contribution in [0, 0.1) is 0 Å². The first kappa shape index (κ1) is 73.6. The van der Waals surface area contributed by atoms with Gasteiger partial charge in [-0.2, -0.15) is 0 Å². The van der Waals surface area contributed by atoms with Crippen molar-refractivity contribution in [2.45, 2.75) is 60.8 Å². The van der Waals surface area contributed by atoms with Crippen molar-refractivity contribution in [1.82, 2.24) is 0 Å². The van der Waals surface area contributed by atoms with E-state index in [0.717, 1.165) is 33.4 Å². The molecule has 3 heterocycles. The molecule has 20 heteroatoms. The van der Waals surface area contributed by atoms with Crippen LogP contribution in [0.2, 0.25) is 0 Å². The second-order valence-electron chi connectivity index (χ2n) is 18.5. The highest BCUT2D eigenvalue weighted by atomic mass is 35.5. The van der Waals surface area contributed by atoms with Crippen molar-refractivity contribution in [3.05, 3.63) is 195 Å². The predicted octanol–water partition coefficient (Wildman–Crippen LogP) is 1.54. The zero-order valence-electron chi connectivity index (χ0n) is 48.9. The number of aromatic amines is 3. The standard InChI is InChI=1S/2C22H25NO5.C20H21NO4.3ClH/c1-15(2)5-7-17-19(28-14-26-3)13-20(27-4)21(22(17)25)18(24)8-6-16-9-11-23-12-10-16;1-15(2)5-7-17-19(25)13-20(27-4)21(22(17)28-14-26-3)18(24)8-6-16-9-11-23-12-10-16;1-13(2)4-6-15-17(23)12-18(25-3)19(20(15)24)16(22)7-5-14-8-10-21-11-9-14;;;/h2*5-6,8-13,25H,7,14H2,1-4H3;4-5,7-12,23-24H,6H2,1-3H3;3*1H/b2*8-6+;7-5+;;;. The molecule has 0 spiro atoms. The summed E-state index contributed by atoms with van der Waals surface area (Å²) in [7, 11) is 7.27. The normalized spacial score (nSPS) is 10.3. The van der Waals surface area contributed by atoms with Gasteiger partial charge in [-0.3, -0.25) is 14.4 Å². The Kier molecular flexibility index (Phi) is 33.6. The van der Waals surface area contributed by atoms with Crippen LogP contribution in [0.3, 0.4) is 0 Å². The fourth-order valence-corrected chi connectivity index (χ4v) is 7.53. The van der Waals surface area contributed by atoms with Crippen molar-refractivity contribution in [3.63, 3.8) is 0 Å². The number of H-pyrrole nitrogens is 3. The third kappa shape index (κ3) is 22.4. The molecule has 6 rings (SSSR count). The van der Waals surface area contributed by atoms with Crippen LogP contribution in [0.25, 0.3) is 18.2 Å². The van der Waals surface area contributed by atoms with Crippen LogP contribution < -0.4 is 75.9 Å². The van der Waals surface area contributed by atoms with E-state index in [4.69, 9.17) is 33.2 Å². The van der Waals surface area contributed by atoms with E-state index < -0.39 is 5.78 Å². The number of allylic oxidation sites excluding steroid dienone is 9. The number of aromatic hydroxyl groups is 4. The smallest absolute Gasteiger partial charge is 0.193 e. The molecular weight excluding hydrogens is 1140 g/mol. The van der Waals surface area contributed by atoms with Gasteiger partial charge in [-0.15, -0.1) is 0 Å². The van der Waals surface area contributed by atoms with Gasteiger partial charge in [-0.1, -0.05) is 53.2 Å². The van der Waals surface area contributed by atoms with Crippen molar-refractivity contribution >= 4 is 35.6 Å². The number of pyridine rings is 3. The molecule has 84 heavy (non-hydrogen) atoms. The van der Waals surface area contributed by atoms with E-state index in [-0.39, 0.29) is 125 Å². The third-order valence-corrected chi connectivity index (χ3v) is 11.7. The molecule has 0 aliphatic heterocycles. The van der Waals surface area contributed by atoms with Crippen LogP contribution in [-0.2, 0) is 28.7 Å². The van der Waals surface area contributed by atoms with Gasteiger partial charge in [0.05, 0.1) is 21.3 Å². The minimum Gasteiger partial charge on any atom is -1.00 e. The molecule has 0 radical (unpaired) electrons. The number of carbonyl (C=O) groups excluding carboxylic acids is 3. The number of phenolic OH excluding ortho intramolecular Hbond substituents is 4. The van der Waals surface area contributed by atoms with Crippen molar-refractivity contribution < 1.29 is 120 Å². The molecule has 0 atom stereocenters. The fraction of sp³-hybridized carbons (Fsp3) is 0.250. The lowest BCUT2D eigenvalue weighted by molar-refractivity contribution is -0.378. The molecule has 0 aliphatic carbocycles. The highest BCUT2D eigenvalue weighted by molar-refractivity contribution is 6.12. The molecule has 0 saturated carbocycles. The summed E-state index contributed by atoms with van der Waals surface area (Å²) in [5, 5.41) is 42.0. The lowest BCUT2D eigenvalue weighted by Crippen LogP contribution is -3.00. The number of benzene rings is 3. The van der Waals surface area contributed by atoms with Gasteiger partial charge in [-0.05, 0) is 95.7 Å². The Labute approximate surface area is 509 Å². The van der Waals surface area contributed by atoms with E-state index in [1.54, 1.807) is 61.5 Å². The molecule has 3 aromatic heterocycles. The van der Waals surface area contributed by atoms with Gasteiger partial charge in [-0.25, -0.2) is 15.0 Å². The number of phenols is 4. The van der Waals surface area contributed by atoms with Crippen molar-refractivity contribution in [2.75, 3.05) is 49.1 Å². The summed E-state index contributed by atoms with van der Waals surface area (Å²) in [6.07, 6.45) is 26.8. The van der Waals surface area contributed by atoms with Crippen molar-refractivity contribution in [2.24, 2.45) is 0 Å². The molecule has 0 fully saturated rings. The summed E-state index contributed by atoms with van der Waals surface area (Å²) in [6, 6.07) is 15.4. The van der Waals surface area contributed by atoms with Gasteiger partial charge < -0.3 is 90.8 Å². The number of ether oxygens (including phenoxy) is 7. The molecule has 0 bridgehead atoms. The van der Waals surface area contributed by atoms with Gasteiger partial charge in [0.25, 0.3) is 0 Å². The van der Waals surface area contributed by atoms with E-state index >= 15 is 0 Å². The second kappa shape index (κ2) is 38.3. The molecule has 0 aliphatic rings. The number of ketones is 3. The van der Waals surface area contributed by atoms with Crippen LogP contribution in [0.5, 0.6) is 51.7 Å². The number of halogens is 3. The second-order valence-corrected chi connectivity index (χ2v) is 18.5. The number of methoxy groups -OCH3 is 5. The minimum absolute atomic E-state index is 0. The number of rotatable bonds is 24. The van der Waals surface area contributed by atoms with E-state index in [1.807, 2.05) is 96.2 Å². The van der Waals surface area contributed by atoms with Gasteiger partial charge in [0, 0.05) is 85.5 Å². The summed E-state index contributed by atoms with van der Waals surface area (Å²) < 4.78 is 37.1. The van der Waals surface area contributed by atoms with Crippen LogP contribution in [0.1, 0.15) is 106 Å². The Morgan fingerprint density at radius 2 is 0.750 bits per heavy atom. The quantitative estimate of drug-likeness (QED) is 0.0291. The van der Waals surface area contributed by atoms with Crippen molar-refractivity contribution in [3.8, 4) is 51.7 Å². The number of nitrogens with one attached hydrogen (secondary N) is 3. The average Bonchev–Trinajstić information content (AvgIpc) is 3.46. The Morgan fingerprint density at radius 1 is 0.429 bits per heavy atom. The summed E-state index contributed by atoms with van der Waals surface area (Å²) >= 11 is 0. The topological polar surface area (TPSA) is 239 Å². The van der Waals surface area contributed by atoms with E-state index in [0.29, 0.717) is 41.7 Å². The Bertz CT molecular complexity index is 3240. The Hall–Kier alpha value is -8.45. The Balaban J connectivity index is 0.000000620. The van der Waals surface area contributed by atoms with Crippen LogP contribution in [0.15, 0.2) is 145 Å². The number of carbonyl (C=O) groups is 3. The third-order valence-electron chi connectivity index (χ3n) is 11.7. The lowest BCUT2D eigenvalue weighted by atomic mass is 9.99. The van der Waals surface area contributed by atoms with Crippen LogP contribution in [-0.4, -0.2) is 86.9 Å². The first-order valence-corrected chi connectivity index (χ1v) is 25.6. The molecule has 17 nitrogen and oxygen atoms in total. The zero-order chi connectivity index (χ0) is 59.4. The number of hydrogen-bond acceptors (Lipinski definition) is 14. The van der Waals surface area contributed by atoms with Gasteiger partial charge in [0.15, 0.2) is 68.1 Å². The minimum atomic E-state index is -0.402. The lowest BCUT2D eigenvalue weighted by Gasteiger charge is -2.18. The summed E-state index contributed by atoms with van der Waals surface area (Å²) in [6.45, 7) is 11.6. The number of aromatic nitrogens is 3. The highest BCUT2D eigenvalue weighted by Gasteiger charge is 2.26. The molecule has 0 amide bonds. The van der Waals surface area contributed by atoms with Gasteiger partial charge >= 0.3 is 0 Å². The maximum Gasteiger partial charge on any atom is 0.193 e. The Morgan fingerprint density at radius 3 is 1.13 bits per heavy atom. The first-order valence-electron chi connectivity index (χ1n) is 25.6. The van der Waals surface area contributed by atoms with E-state index in [1.165, 1.54) is 65.9 Å². The maximum atomic E-state index is 13.0. The molecule has 450 valence electrons. The summed E-state index contributed by atoms with van der Waals surface area (Å²) in [4.78, 5) is 47.2. The molecule has 6 aromatic rings. The monoisotopic (exact) mass is 1210 g/mol. The largest absolute Gasteiger partial charge is 1.00 e. The SMILES string of the molecule is COCOc1c(CC=C(C)C)c(O)cc(OC)c1C(=O)/C=C/c1cc[nH+]cc1.COCOc1cc(OC)c(C(=O)/C=C/c2cc[nH+]cc2)c(O)c1CC=C(C)C.COc1cc(O)c(CC=C(C)C)c(O)c1C(=O)/C=C/c1cc[nH+]cc1.[Cl-].[Cl-].[Cl-]. The van der Waals surface area contributed by atoms with Gasteiger partial charge in [0.1, 0.15) is 68.4 Å². The first-order chi connectivity index (χ1) is 38.9. The number of hydrogen-bond donors (Lipinski definition) is 4. The predicted molar refractivity (Wildman–Crippen MR) is 309 cm³/mol. The molecule has 3 aromatic carbocycles. The summed E-state index contributed by atoms with van der Waals surface area (Å²) in [5.41, 5.74) is 7.47. The fourth-order valence-electron chi connectivity index (χ4n) is 7.53.